The summed E-state index contributed by atoms with van der Waals surface area (Å²) in [5, 5.41) is 9.10. The van der Waals surface area contributed by atoms with Crippen molar-refractivity contribution in [3.05, 3.63) is 28.8 Å². The molecule has 0 saturated carbocycles. The molecule has 0 unspecified atom stereocenters. The topological polar surface area (TPSA) is 74.7 Å². The van der Waals surface area contributed by atoms with Gasteiger partial charge in [0, 0.05) is 18.1 Å². The van der Waals surface area contributed by atoms with Gasteiger partial charge < -0.3 is 5.11 Å². The second-order valence-corrected chi connectivity index (χ2v) is 7.67. The number of sulfonamides is 1. The van der Waals surface area contributed by atoms with Gasteiger partial charge >= 0.3 is 12.1 Å². The zero-order valence-electron chi connectivity index (χ0n) is 11.8. The predicted octanol–water partition coefficient (Wildman–Crippen LogP) is 2.53. The third-order valence-corrected chi connectivity index (χ3v) is 6.04. The lowest BCUT2D eigenvalue weighted by Gasteiger charge is -2.18. The van der Waals surface area contributed by atoms with Crippen LogP contribution in [0.1, 0.15) is 5.56 Å². The van der Waals surface area contributed by atoms with E-state index >= 15 is 0 Å². The van der Waals surface area contributed by atoms with Gasteiger partial charge in [-0.15, -0.1) is 0 Å². The summed E-state index contributed by atoms with van der Waals surface area (Å²) in [6.07, 6.45) is -4.79. The lowest BCUT2D eigenvalue weighted by molar-refractivity contribution is -0.187. The molecule has 2 rings (SSSR count). The summed E-state index contributed by atoms with van der Waals surface area (Å²) in [6.45, 7) is -0.00361. The normalized spacial score (nSPS) is 23.2. The first-order chi connectivity index (χ1) is 10.4. The number of benzene rings is 1. The van der Waals surface area contributed by atoms with Crippen LogP contribution in [0.25, 0.3) is 0 Å². The largest absolute Gasteiger partial charge is 0.481 e. The van der Waals surface area contributed by atoms with E-state index in [1.165, 1.54) is 12.1 Å². The van der Waals surface area contributed by atoms with E-state index < -0.39 is 47.1 Å². The van der Waals surface area contributed by atoms with Crippen LogP contribution in [0, 0.1) is 18.8 Å². The van der Waals surface area contributed by atoms with Gasteiger partial charge in [0.25, 0.3) is 0 Å². The number of rotatable bonds is 3. The van der Waals surface area contributed by atoms with Crippen LogP contribution in [-0.2, 0) is 14.8 Å². The van der Waals surface area contributed by atoms with Crippen molar-refractivity contribution in [1.29, 1.82) is 0 Å². The molecule has 1 aliphatic heterocycles. The monoisotopic (exact) mass is 371 g/mol. The SMILES string of the molecule is Cc1ccc(S(=O)(=O)N2C[C@@H](C(F)(F)F)[C@H](C(=O)O)C2)cc1Cl. The number of aliphatic carboxylic acids is 1. The van der Waals surface area contributed by atoms with Crippen molar-refractivity contribution < 1.29 is 31.5 Å². The number of hydrogen-bond acceptors (Lipinski definition) is 3. The Morgan fingerprint density at radius 2 is 1.96 bits per heavy atom. The first kappa shape index (κ1) is 18.0. The summed E-state index contributed by atoms with van der Waals surface area (Å²) in [5.74, 6) is -5.74. The molecule has 128 valence electrons. The van der Waals surface area contributed by atoms with Gasteiger partial charge in [0.1, 0.15) is 0 Å². The number of carbonyl (C=O) groups is 1. The Bertz CT molecular complexity index is 735. The highest BCUT2D eigenvalue weighted by Crippen LogP contribution is 2.39. The first-order valence-electron chi connectivity index (χ1n) is 6.50. The Labute approximate surface area is 135 Å². The molecule has 1 fully saturated rings. The van der Waals surface area contributed by atoms with Gasteiger partial charge in [-0.05, 0) is 24.6 Å². The van der Waals surface area contributed by atoms with Crippen LogP contribution >= 0.6 is 11.6 Å². The molecule has 1 aromatic carbocycles. The molecule has 1 N–H and O–H groups in total. The summed E-state index contributed by atoms with van der Waals surface area (Å²) in [4.78, 5) is 10.8. The highest BCUT2D eigenvalue weighted by Gasteiger charge is 2.54. The van der Waals surface area contributed by atoms with E-state index in [0.29, 0.717) is 9.87 Å². The molecule has 23 heavy (non-hydrogen) atoms. The molecule has 1 saturated heterocycles. The average Bonchev–Trinajstić information content (AvgIpc) is 2.87. The summed E-state index contributed by atoms with van der Waals surface area (Å²) in [6, 6.07) is 3.80. The van der Waals surface area contributed by atoms with E-state index in [-0.39, 0.29) is 9.92 Å². The zero-order valence-corrected chi connectivity index (χ0v) is 13.4. The number of alkyl halides is 3. The summed E-state index contributed by atoms with van der Waals surface area (Å²) in [5.41, 5.74) is 0.614. The van der Waals surface area contributed by atoms with E-state index in [1.807, 2.05) is 0 Å². The van der Waals surface area contributed by atoms with Crippen LogP contribution in [-0.4, -0.2) is 43.1 Å². The maximum atomic E-state index is 12.9. The van der Waals surface area contributed by atoms with Gasteiger partial charge in [-0.1, -0.05) is 17.7 Å². The highest BCUT2D eigenvalue weighted by molar-refractivity contribution is 7.89. The number of aryl methyl sites for hydroxylation is 1. The highest BCUT2D eigenvalue weighted by atomic mass is 35.5. The molecule has 10 heteroatoms. The molecule has 0 radical (unpaired) electrons. The fourth-order valence-electron chi connectivity index (χ4n) is 2.43. The Balaban J connectivity index is 2.38. The number of carboxylic acid groups (broad SMARTS) is 1. The fraction of sp³-hybridized carbons (Fsp3) is 0.462. The molecule has 5 nitrogen and oxygen atoms in total. The zero-order chi connectivity index (χ0) is 17.6. The second kappa shape index (κ2) is 5.95. The van der Waals surface area contributed by atoms with Gasteiger partial charge in [0.05, 0.1) is 16.7 Å². The van der Waals surface area contributed by atoms with Gasteiger partial charge in [-0.3, -0.25) is 4.79 Å². The van der Waals surface area contributed by atoms with Crippen molar-refractivity contribution in [2.24, 2.45) is 11.8 Å². The Kier molecular flexibility index (Phi) is 4.67. The number of carboxylic acids is 1. The molecule has 1 aromatic rings. The molecule has 0 spiro atoms. The molecular weight excluding hydrogens is 359 g/mol. The summed E-state index contributed by atoms with van der Waals surface area (Å²) in [7, 11) is -4.25. The van der Waals surface area contributed by atoms with Crippen LogP contribution in [0.3, 0.4) is 0 Å². The predicted molar refractivity (Wildman–Crippen MR) is 75.6 cm³/mol. The van der Waals surface area contributed by atoms with Crippen LogP contribution in [0.15, 0.2) is 23.1 Å². The second-order valence-electron chi connectivity index (χ2n) is 5.33. The molecule has 2 atom stereocenters. The Morgan fingerprint density at radius 1 is 1.35 bits per heavy atom. The minimum Gasteiger partial charge on any atom is -0.481 e. The molecule has 0 amide bonds. The summed E-state index contributed by atoms with van der Waals surface area (Å²) < 4.78 is 64.3. The van der Waals surface area contributed by atoms with Gasteiger partial charge in [-0.25, -0.2) is 8.42 Å². The van der Waals surface area contributed by atoms with Crippen LogP contribution < -0.4 is 0 Å². The van der Waals surface area contributed by atoms with Crippen molar-refractivity contribution in [2.75, 3.05) is 13.1 Å². The van der Waals surface area contributed by atoms with E-state index in [1.54, 1.807) is 6.92 Å². The summed E-state index contributed by atoms with van der Waals surface area (Å²) >= 11 is 5.85. The van der Waals surface area contributed by atoms with E-state index in [9.17, 15) is 26.4 Å². The van der Waals surface area contributed by atoms with Gasteiger partial charge in [-0.2, -0.15) is 17.5 Å². The van der Waals surface area contributed by atoms with Gasteiger partial charge in [0.2, 0.25) is 10.0 Å². The van der Waals surface area contributed by atoms with Crippen molar-refractivity contribution in [1.82, 2.24) is 4.31 Å². The van der Waals surface area contributed by atoms with E-state index in [0.717, 1.165) is 6.07 Å². The number of nitrogens with zero attached hydrogens (tertiary/aromatic N) is 1. The van der Waals surface area contributed by atoms with Crippen molar-refractivity contribution in [2.45, 2.75) is 18.0 Å². The molecule has 0 aliphatic carbocycles. The standard InChI is InChI=1S/C13H13ClF3NO4S/c1-7-2-3-8(4-11(7)14)23(21,22)18-5-9(12(19)20)10(6-18)13(15,16)17/h2-4,9-10H,5-6H2,1H3,(H,19,20)/t9-,10-/m1/s1. The van der Waals surface area contributed by atoms with Crippen molar-refractivity contribution in [3.63, 3.8) is 0 Å². The molecule has 1 aliphatic rings. The third-order valence-electron chi connectivity index (χ3n) is 3.81. The van der Waals surface area contributed by atoms with E-state index in [2.05, 4.69) is 0 Å². The van der Waals surface area contributed by atoms with Crippen LogP contribution in [0.4, 0.5) is 13.2 Å². The van der Waals surface area contributed by atoms with Crippen LogP contribution in [0.5, 0.6) is 0 Å². The van der Waals surface area contributed by atoms with Gasteiger partial charge in [0.15, 0.2) is 0 Å². The quantitative estimate of drug-likeness (QED) is 0.886. The van der Waals surface area contributed by atoms with Crippen LogP contribution in [0.2, 0.25) is 5.02 Å². The smallest absolute Gasteiger partial charge is 0.393 e. The lowest BCUT2D eigenvalue weighted by atomic mass is 9.96. The third kappa shape index (κ3) is 3.46. The fourth-order valence-corrected chi connectivity index (χ4v) is 4.19. The Hall–Kier alpha value is -1.32. The first-order valence-corrected chi connectivity index (χ1v) is 8.32. The number of halogens is 4. The molecule has 0 bridgehead atoms. The minimum atomic E-state index is -4.79. The maximum absolute atomic E-state index is 12.9. The average molecular weight is 372 g/mol. The number of hydrogen-bond donors (Lipinski definition) is 1. The molecular formula is C13H13ClF3NO4S. The minimum absolute atomic E-state index is 0.160. The lowest BCUT2D eigenvalue weighted by Crippen LogP contribution is -2.34. The Morgan fingerprint density at radius 3 is 2.39 bits per heavy atom. The maximum Gasteiger partial charge on any atom is 0.393 e. The molecule has 0 aromatic heterocycles. The van der Waals surface area contributed by atoms with E-state index in [4.69, 9.17) is 16.7 Å². The van der Waals surface area contributed by atoms with Crippen molar-refractivity contribution >= 4 is 27.6 Å². The molecule has 1 heterocycles. The van der Waals surface area contributed by atoms with Crippen molar-refractivity contribution in [3.8, 4) is 0 Å².